The van der Waals surface area contributed by atoms with E-state index in [2.05, 4.69) is 10.6 Å². The maximum Gasteiger partial charge on any atom is 0.253 e. The van der Waals surface area contributed by atoms with Gasteiger partial charge in [0, 0.05) is 50.2 Å². The Morgan fingerprint density at radius 1 is 1.18 bits per heavy atom. The van der Waals surface area contributed by atoms with Crippen LogP contribution in [-0.4, -0.2) is 78.3 Å². The van der Waals surface area contributed by atoms with Gasteiger partial charge in [-0.1, -0.05) is 13.0 Å². The van der Waals surface area contributed by atoms with Crippen molar-refractivity contribution in [3.05, 3.63) is 35.9 Å². The van der Waals surface area contributed by atoms with E-state index in [0.717, 1.165) is 17.0 Å². The summed E-state index contributed by atoms with van der Waals surface area (Å²) in [5.74, 6) is -1.46. The van der Waals surface area contributed by atoms with Crippen LogP contribution in [0, 0.1) is 5.92 Å². The number of hydrogen-bond donors (Lipinski definition) is 4. The highest BCUT2D eigenvalue weighted by Gasteiger charge is 2.23. The van der Waals surface area contributed by atoms with Crippen molar-refractivity contribution in [2.75, 3.05) is 39.0 Å². The molecule has 10 heteroatoms. The molecule has 0 radical (unpaired) electrons. The van der Waals surface area contributed by atoms with Gasteiger partial charge in [0.25, 0.3) is 11.8 Å². The molecule has 10 nitrogen and oxygen atoms in total. The highest BCUT2D eigenvalue weighted by molar-refractivity contribution is 6.12. The van der Waals surface area contributed by atoms with E-state index in [1.54, 1.807) is 12.1 Å². The normalized spacial score (nSPS) is 15.0. The minimum absolute atomic E-state index is 0.0379. The van der Waals surface area contributed by atoms with Crippen LogP contribution in [0.2, 0.25) is 0 Å². The van der Waals surface area contributed by atoms with E-state index in [0.29, 0.717) is 25.8 Å². The van der Waals surface area contributed by atoms with Crippen molar-refractivity contribution in [3.8, 4) is 5.75 Å². The van der Waals surface area contributed by atoms with E-state index >= 15 is 0 Å². The average molecular weight is 474 g/mol. The molecule has 1 aliphatic rings. The topological polar surface area (TPSA) is 145 Å². The minimum Gasteiger partial charge on any atom is -0.506 e. The Balaban J connectivity index is 1.81. The summed E-state index contributed by atoms with van der Waals surface area (Å²) in [6.45, 7) is 3.33. The van der Waals surface area contributed by atoms with Crippen molar-refractivity contribution in [2.24, 2.45) is 11.7 Å². The number of likely N-dealkylation sites (N-methyl/N-ethyl adjacent to an activating group) is 1. The molecule has 1 aliphatic heterocycles. The second-order valence-electron chi connectivity index (χ2n) is 8.86. The lowest BCUT2D eigenvalue weighted by molar-refractivity contribution is -0.137. The first-order valence-corrected chi connectivity index (χ1v) is 11.4. The lowest BCUT2D eigenvalue weighted by Crippen LogP contribution is -2.37. The first kappa shape index (κ1) is 27.0. The number of imide groups is 1. The first-order valence-electron chi connectivity index (χ1n) is 11.4. The number of anilines is 1. The Morgan fingerprint density at radius 2 is 1.85 bits per heavy atom. The number of phenolic OH excluding ortho intramolecular Hbond substituents is 1. The number of amides is 4. The predicted octanol–water partition coefficient (Wildman–Crippen LogP) is 0.610. The Bertz CT molecular complexity index is 912. The Morgan fingerprint density at radius 3 is 2.50 bits per heavy atom. The van der Waals surface area contributed by atoms with Crippen LogP contribution in [-0.2, 0) is 25.6 Å². The predicted molar refractivity (Wildman–Crippen MR) is 129 cm³/mol. The quantitative estimate of drug-likeness (QED) is 0.243. The largest absolute Gasteiger partial charge is 0.506 e. The van der Waals surface area contributed by atoms with Gasteiger partial charge in [-0.2, -0.15) is 0 Å². The molecule has 1 aromatic rings. The van der Waals surface area contributed by atoms with Crippen molar-refractivity contribution in [3.63, 3.8) is 0 Å². The summed E-state index contributed by atoms with van der Waals surface area (Å²) in [5.41, 5.74) is 7.34. The zero-order valence-corrected chi connectivity index (χ0v) is 20.0. The lowest BCUT2D eigenvalue weighted by Gasteiger charge is -2.18. The monoisotopic (exact) mass is 473 g/mol. The molecule has 1 heterocycles. The summed E-state index contributed by atoms with van der Waals surface area (Å²) in [6, 6.07) is 4.60. The molecule has 0 saturated heterocycles. The zero-order valence-electron chi connectivity index (χ0n) is 20.0. The molecule has 2 rings (SSSR count). The molecular weight excluding hydrogens is 438 g/mol. The fraction of sp³-hybridized carbons (Fsp3) is 0.500. The second kappa shape index (κ2) is 12.9. The van der Waals surface area contributed by atoms with Crippen LogP contribution in [0.25, 0.3) is 0 Å². The molecule has 2 atom stereocenters. The van der Waals surface area contributed by atoms with Crippen molar-refractivity contribution in [1.82, 2.24) is 15.1 Å². The maximum absolute atomic E-state index is 12.3. The van der Waals surface area contributed by atoms with Crippen molar-refractivity contribution in [1.29, 1.82) is 0 Å². The second-order valence-corrected chi connectivity index (χ2v) is 8.86. The number of nitrogens with one attached hydrogen (secondary N) is 2. The van der Waals surface area contributed by atoms with Crippen LogP contribution in [0.4, 0.5) is 5.69 Å². The molecule has 4 amide bonds. The van der Waals surface area contributed by atoms with Gasteiger partial charge in [0.1, 0.15) is 5.75 Å². The number of hydrogen-bond acceptors (Lipinski definition) is 7. The Kier molecular flexibility index (Phi) is 10.2. The minimum atomic E-state index is -0.382. The zero-order chi connectivity index (χ0) is 25.3. The Labute approximate surface area is 200 Å². The highest BCUT2D eigenvalue weighted by atomic mass is 16.3. The van der Waals surface area contributed by atoms with Gasteiger partial charge in [-0.25, -0.2) is 0 Å². The smallest absolute Gasteiger partial charge is 0.253 e. The molecule has 186 valence electrons. The molecular formula is C24H35N5O5. The SMILES string of the molecule is CC(C[C@@H](N)Cc1ccc(O)c(NC(=O)CCCN2C(=O)C=CC2=O)c1)C(=O)NCCN(C)C. The van der Waals surface area contributed by atoms with E-state index in [9.17, 15) is 24.3 Å². The molecule has 0 fully saturated rings. The van der Waals surface area contributed by atoms with Crippen LogP contribution < -0.4 is 16.4 Å². The maximum atomic E-state index is 12.3. The van der Waals surface area contributed by atoms with Gasteiger partial charge in [0.05, 0.1) is 5.69 Å². The molecule has 1 aromatic carbocycles. The van der Waals surface area contributed by atoms with Gasteiger partial charge in [0.15, 0.2) is 0 Å². The molecule has 0 bridgehead atoms. The summed E-state index contributed by atoms with van der Waals surface area (Å²) < 4.78 is 0. The third-order valence-electron chi connectivity index (χ3n) is 5.48. The van der Waals surface area contributed by atoms with E-state index in [1.165, 1.54) is 18.2 Å². The summed E-state index contributed by atoms with van der Waals surface area (Å²) in [7, 11) is 3.88. The average Bonchev–Trinajstić information content (AvgIpc) is 3.07. The molecule has 0 aromatic heterocycles. The number of benzene rings is 1. The summed E-state index contributed by atoms with van der Waals surface area (Å²) in [5, 5.41) is 15.7. The number of phenols is 1. The fourth-order valence-corrected chi connectivity index (χ4v) is 3.60. The third kappa shape index (κ3) is 8.60. The van der Waals surface area contributed by atoms with Crippen LogP contribution in [0.5, 0.6) is 5.75 Å². The number of nitrogens with two attached hydrogens (primary N) is 1. The summed E-state index contributed by atoms with van der Waals surface area (Å²) in [4.78, 5) is 50.7. The van der Waals surface area contributed by atoms with Crippen molar-refractivity contribution in [2.45, 2.75) is 38.6 Å². The fourth-order valence-electron chi connectivity index (χ4n) is 3.60. The number of nitrogens with zero attached hydrogens (tertiary/aromatic N) is 2. The molecule has 1 unspecified atom stereocenters. The highest BCUT2D eigenvalue weighted by Crippen LogP contribution is 2.25. The van der Waals surface area contributed by atoms with Gasteiger partial charge in [-0.3, -0.25) is 24.1 Å². The van der Waals surface area contributed by atoms with E-state index in [4.69, 9.17) is 5.73 Å². The van der Waals surface area contributed by atoms with Crippen LogP contribution in [0.3, 0.4) is 0 Å². The van der Waals surface area contributed by atoms with Crippen molar-refractivity contribution >= 4 is 29.3 Å². The molecule has 5 N–H and O–H groups in total. The third-order valence-corrected chi connectivity index (χ3v) is 5.48. The van der Waals surface area contributed by atoms with E-state index < -0.39 is 0 Å². The van der Waals surface area contributed by atoms with Gasteiger partial charge in [-0.15, -0.1) is 0 Å². The lowest BCUT2D eigenvalue weighted by atomic mass is 9.96. The summed E-state index contributed by atoms with van der Waals surface area (Å²) in [6.07, 6.45) is 3.78. The first-order chi connectivity index (χ1) is 16.1. The van der Waals surface area contributed by atoms with Crippen molar-refractivity contribution < 1.29 is 24.3 Å². The molecule has 34 heavy (non-hydrogen) atoms. The number of carbonyl (C=O) groups excluding carboxylic acids is 4. The Hall–Kier alpha value is -3.24. The molecule has 0 spiro atoms. The van der Waals surface area contributed by atoms with Crippen LogP contribution in [0.1, 0.15) is 31.7 Å². The number of aromatic hydroxyl groups is 1. The number of carbonyl (C=O) groups is 4. The van der Waals surface area contributed by atoms with Gasteiger partial charge in [-0.05, 0) is 51.1 Å². The standard InChI is InChI=1S/C24H35N5O5/c1-16(24(34)26-10-12-28(2)3)13-18(25)14-17-6-7-20(30)19(15-17)27-21(31)5-4-11-29-22(32)8-9-23(29)33/h6-9,15-16,18,30H,4-5,10-14,25H2,1-3H3,(H,26,34)(H,27,31)/t16?,18-/m1/s1. The van der Waals surface area contributed by atoms with Gasteiger partial charge < -0.3 is 26.4 Å². The van der Waals surface area contributed by atoms with Gasteiger partial charge in [0.2, 0.25) is 11.8 Å². The molecule has 0 saturated carbocycles. The van der Waals surface area contributed by atoms with E-state index in [1.807, 2.05) is 25.9 Å². The number of rotatable bonds is 13. The van der Waals surface area contributed by atoms with Crippen LogP contribution >= 0.6 is 0 Å². The molecule has 0 aliphatic carbocycles. The summed E-state index contributed by atoms with van der Waals surface area (Å²) >= 11 is 0. The van der Waals surface area contributed by atoms with Gasteiger partial charge >= 0.3 is 0 Å². The van der Waals surface area contributed by atoms with Crippen LogP contribution in [0.15, 0.2) is 30.4 Å². The van der Waals surface area contributed by atoms with E-state index in [-0.39, 0.29) is 60.0 Å².